The molecule has 0 radical (unpaired) electrons. The Morgan fingerprint density at radius 1 is 1.62 bits per heavy atom. The van der Waals surface area contributed by atoms with E-state index in [9.17, 15) is 5.11 Å². The Hall–Kier alpha value is -0.380. The molecule has 0 saturated carbocycles. The lowest BCUT2D eigenvalue weighted by atomic mass is 10.1. The molecule has 0 aliphatic rings. The average molecular weight is 199 g/mol. The third-order valence-corrected chi connectivity index (χ3v) is 2.59. The molecule has 0 aromatic carbocycles. The van der Waals surface area contributed by atoms with E-state index in [0.29, 0.717) is 12.6 Å². The summed E-state index contributed by atoms with van der Waals surface area (Å²) >= 11 is 1.70. The number of hydrogen-bond acceptors (Lipinski definition) is 3. The molecule has 1 aromatic heterocycles. The van der Waals surface area contributed by atoms with Crippen LogP contribution < -0.4 is 5.32 Å². The van der Waals surface area contributed by atoms with E-state index < -0.39 is 5.60 Å². The number of nitrogens with one attached hydrogen (secondary N) is 1. The predicted molar refractivity (Wildman–Crippen MR) is 57.0 cm³/mol. The first kappa shape index (κ1) is 10.7. The SMILES string of the molecule is CC(NCC(C)(C)O)c1ccsc1. The summed E-state index contributed by atoms with van der Waals surface area (Å²) in [7, 11) is 0. The Labute approximate surface area is 83.6 Å². The second-order valence-electron chi connectivity index (χ2n) is 3.97. The second kappa shape index (κ2) is 4.22. The Morgan fingerprint density at radius 3 is 2.77 bits per heavy atom. The third-order valence-electron chi connectivity index (χ3n) is 1.88. The van der Waals surface area contributed by atoms with Crippen molar-refractivity contribution in [1.29, 1.82) is 0 Å². The zero-order valence-electron chi connectivity index (χ0n) is 8.37. The van der Waals surface area contributed by atoms with Crippen LogP contribution in [0, 0.1) is 0 Å². The van der Waals surface area contributed by atoms with Gasteiger partial charge < -0.3 is 10.4 Å². The van der Waals surface area contributed by atoms with Gasteiger partial charge in [-0.15, -0.1) is 0 Å². The maximum Gasteiger partial charge on any atom is 0.0715 e. The molecular formula is C10H17NOS. The van der Waals surface area contributed by atoms with Crippen LogP contribution in [0.2, 0.25) is 0 Å². The van der Waals surface area contributed by atoms with E-state index in [4.69, 9.17) is 0 Å². The van der Waals surface area contributed by atoms with Crippen molar-refractivity contribution in [3.63, 3.8) is 0 Å². The van der Waals surface area contributed by atoms with Crippen molar-refractivity contribution in [2.75, 3.05) is 6.54 Å². The van der Waals surface area contributed by atoms with Crippen molar-refractivity contribution in [3.05, 3.63) is 22.4 Å². The van der Waals surface area contributed by atoms with Crippen molar-refractivity contribution in [3.8, 4) is 0 Å². The summed E-state index contributed by atoms with van der Waals surface area (Å²) in [5.74, 6) is 0. The quantitative estimate of drug-likeness (QED) is 0.779. The molecule has 0 amide bonds. The van der Waals surface area contributed by atoms with Gasteiger partial charge in [-0.25, -0.2) is 0 Å². The predicted octanol–water partition coefficient (Wildman–Crippen LogP) is 2.17. The van der Waals surface area contributed by atoms with Gasteiger partial charge in [-0.1, -0.05) is 0 Å². The highest BCUT2D eigenvalue weighted by molar-refractivity contribution is 7.07. The van der Waals surface area contributed by atoms with E-state index in [-0.39, 0.29) is 0 Å². The van der Waals surface area contributed by atoms with Gasteiger partial charge >= 0.3 is 0 Å². The van der Waals surface area contributed by atoms with Gasteiger partial charge in [-0.05, 0) is 43.2 Å². The van der Waals surface area contributed by atoms with Crippen molar-refractivity contribution in [1.82, 2.24) is 5.32 Å². The summed E-state index contributed by atoms with van der Waals surface area (Å²) in [5, 5.41) is 17.0. The van der Waals surface area contributed by atoms with E-state index >= 15 is 0 Å². The molecule has 1 aromatic rings. The van der Waals surface area contributed by atoms with Crippen LogP contribution in [0.5, 0.6) is 0 Å². The zero-order chi connectivity index (χ0) is 9.90. The highest BCUT2D eigenvalue weighted by Gasteiger charge is 2.14. The summed E-state index contributed by atoms with van der Waals surface area (Å²) in [6, 6.07) is 2.42. The number of aliphatic hydroxyl groups is 1. The number of rotatable bonds is 4. The fourth-order valence-corrected chi connectivity index (χ4v) is 1.80. The van der Waals surface area contributed by atoms with Crippen molar-refractivity contribution in [2.24, 2.45) is 0 Å². The minimum Gasteiger partial charge on any atom is -0.389 e. The standard InChI is InChI=1S/C10H17NOS/c1-8(9-4-5-13-6-9)11-7-10(2,3)12/h4-6,8,11-12H,7H2,1-3H3. The van der Waals surface area contributed by atoms with Gasteiger partial charge in [0.05, 0.1) is 5.60 Å². The maximum absolute atomic E-state index is 9.50. The number of thiophene rings is 1. The Kier molecular flexibility index (Phi) is 3.47. The second-order valence-corrected chi connectivity index (χ2v) is 4.75. The van der Waals surface area contributed by atoms with E-state index in [1.54, 1.807) is 25.2 Å². The molecular weight excluding hydrogens is 182 g/mol. The van der Waals surface area contributed by atoms with Gasteiger partial charge in [-0.3, -0.25) is 0 Å². The Balaban J connectivity index is 2.39. The molecule has 0 aliphatic heterocycles. The van der Waals surface area contributed by atoms with Crippen LogP contribution in [0.25, 0.3) is 0 Å². The molecule has 0 spiro atoms. The monoisotopic (exact) mass is 199 g/mol. The van der Waals surface area contributed by atoms with Crippen molar-refractivity contribution >= 4 is 11.3 Å². The average Bonchev–Trinajstić information content (AvgIpc) is 2.50. The fraction of sp³-hybridized carbons (Fsp3) is 0.600. The van der Waals surface area contributed by atoms with Crippen LogP contribution >= 0.6 is 11.3 Å². The van der Waals surface area contributed by atoms with Gasteiger partial charge in [0.2, 0.25) is 0 Å². The normalized spacial score (nSPS) is 14.5. The lowest BCUT2D eigenvalue weighted by Gasteiger charge is -2.21. The smallest absolute Gasteiger partial charge is 0.0715 e. The molecule has 1 unspecified atom stereocenters. The van der Waals surface area contributed by atoms with E-state index in [0.717, 1.165) is 0 Å². The summed E-state index contributed by atoms with van der Waals surface area (Å²) < 4.78 is 0. The van der Waals surface area contributed by atoms with Crippen LogP contribution in [-0.2, 0) is 0 Å². The summed E-state index contributed by atoms with van der Waals surface area (Å²) in [6.45, 7) is 6.33. The topological polar surface area (TPSA) is 32.3 Å². The first-order valence-electron chi connectivity index (χ1n) is 4.47. The molecule has 1 rings (SSSR count). The first-order chi connectivity index (χ1) is 5.99. The molecule has 3 heteroatoms. The number of hydrogen-bond donors (Lipinski definition) is 2. The van der Waals surface area contributed by atoms with Gasteiger partial charge in [0.15, 0.2) is 0 Å². The largest absolute Gasteiger partial charge is 0.389 e. The highest BCUT2D eigenvalue weighted by atomic mass is 32.1. The minimum atomic E-state index is -0.635. The summed E-state index contributed by atoms with van der Waals surface area (Å²) in [4.78, 5) is 0. The van der Waals surface area contributed by atoms with Gasteiger partial charge in [0, 0.05) is 12.6 Å². The zero-order valence-corrected chi connectivity index (χ0v) is 9.19. The molecule has 1 heterocycles. The van der Waals surface area contributed by atoms with E-state index in [1.807, 2.05) is 0 Å². The molecule has 13 heavy (non-hydrogen) atoms. The molecule has 2 N–H and O–H groups in total. The van der Waals surface area contributed by atoms with Crippen LogP contribution in [0.4, 0.5) is 0 Å². The molecule has 0 saturated heterocycles. The van der Waals surface area contributed by atoms with Crippen molar-refractivity contribution in [2.45, 2.75) is 32.4 Å². The van der Waals surface area contributed by atoms with E-state index in [1.165, 1.54) is 5.56 Å². The minimum absolute atomic E-state index is 0.317. The summed E-state index contributed by atoms with van der Waals surface area (Å²) in [6.07, 6.45) is 0. The fourth-order valence-electron chi connectivity index (χ4n) is 1.04. The Morgan fingerprint density at radius 2 is 2.31 bits per heavy atom. The van der Waals surface area contributed by atoms with Gasteiger partial charge in [-0.2, -0.15) is 11.3 Å². The maximum atomic E-state index is 9.50. The van der Waals surface area contributed by atoms with Crippen LogP contribution in [0.3, 0.4) is 0 Å². The Bertz CT molecular complexity index is 238. The molecule has 1 atom stereocenters. The highest BCUT2D eigenvalue weighted by Crippen LogP contribution is 2.15. The lowest BCUT2D eigenvalue weighted by Crippen LogP contribution is -2.35. The van der Waals surface area contributed by atoms with Crippen molar-refractivity contribution < 1.29 is 5.11 Å². The van der Waals surface area contributed by atoms with Gasteiger partial charge in [0.25, 0.3) is 0 Å². The van der Waals surface area contributed by atoms with Crippen LogP contribution in [-0.4, -0.2) is 17.3 Å². The molecule has 0 aliphatic carbocycles. The van der Waals surface area contributed by atoms with Crippen LogP contribution in [0.1, 0.15) is 32.4 Å². The van der Waals surface area contributed by atoms with E-state index in [2.05, 4.69) is 29.1 Å². The molecule has 2 nitrogen and oxygen atoms in total. The third kappa shape index (κ3) is 3.89. The summed E-state index contributed by atoms with van der Waals surface area (Å²) in [5.41, 5.74) is 0.652. The molecule has 0 bridgehead atoms. The lowest BCUT2D eigenvalue weighted by molar-refractivity contribution is 0.0770. The first-order valence-corrected chi connectivity index (χ1v) is 5.41. The molecule has 74 valence electrons. The van der Waals surface area contributed by atoms with Gasteiger partial charge in [0.1, 0.15) is 0 Å². The van der Waals surface area contributed by atoms with Crippen LogP contribution in [0.15, 0.2) is 16.8 Å². The molecule has 0 fully saturated rings.